The number of anilines is 1. The van der Waals surface area contributed by atoms with Gasteiger partial charge in [-0.05, 0) is 54.1 Å². The SMILES string of the molecule is COc1ccc(N2C(=O)/C(=C\c3ccc(OCc4ccc(Cl)cc4Cl)c(OC)c3)SC2=S)cc1Cl. The van der Waals surface area contributed by atoms with Crippen molar-refractivity contribution in [3.05, 3.63) is 85.7 Å². The molecule has 0 radical (unpaired) electrons. The second-order valence-corrected chi connectivity index (χ2v) is 10.2. The number of benzene rings is 3. The lowest BCUT2D eigenvalue weighted by Gasteiger charge is -2.15. The van der Waals surface area contributed by atoms with Crippen molar-refractivity contribution in [3.63, 3.8) is 0 Å². The van der Waals surface area contributed by atoms with Gasteiger partial charge in [-0.25, -0.2) is 0 Å². The molecule has 1 heterocycles. The van der Waals surface area contributed by atoms with Gasteiger partial charge in [0.05, 0.1) is 29.8 Å². The zero-order valence-corrected chi connectivity index (χ0v) is 22.4. The molecule has 35 heavy (non-hydrogen) atoms. The van der Waals surface area contributed by atoms with E-state index in [1.165, 1.54) is 23.8 Å². The highest BCUT2D eigenvalue weighted by atomic mass is 35.5. The lowest BCUT2D eigenvalue weighted by Crippen LogP contribution is -2.27. The number of hydrogen-bond acceptors (Lipinski definition) is 6. The van der Waals surface area contributed by atoms with E-state index in [1.54, 1.807) is 55.7 Å². The van der Waals surface area contributed by atoms with Crippen LogP contribution in [0.1, 0.15) is 11.1 Å². The number of ether oxygens (including phenoxy) is 3. The number of nitrogens with zero attached hydrogens (tertiary/aromatic N) is 1. The molecule has 3 aromatic carbocycles. The van der Waals surface area contributed by atoms with Gasteiger partial charge in [-0.1, -0.05) is 70.9 Å². The molecule has 4 rings (SSSR count). The van der Waals surface area contributed by atoms with Gasteiger partial charge < -0.3 is 14.2 Å². The maximum atomic E-state index is 13.1. The molecular weight excluding hydrogens is 549 g/mol. The Bertz CT molecular complexity index is 1350. The van der Waals surface area contributed by atoms with Crippen molar-refractivity contribution < 1.29 is 19.0 Å². The Labute approximate surface area is 227 Å². The monoisotopic (exact) mass is 565 g/mol. The van der Waals surface area contributed by atoms with Crippen molar-refractivity contribution in [1.82, 2.24) is 0 Å². The molecule has 0 bridgehead atoms. The fourth-order valence-electron chi connectivity index (χ4n) is 3.32. The van der Waals surface area contributed by atoms with Crippen LogP contribution in [0.5, 0.6) is 17.2 Å². The normalized spacial score (nSPS) is 14.5. The Kier molecular flexibility index (Phi) is 8.14. The first-order chi connectivity index (χ1) is 16.8. The summed E-state index contributed by atoms with van der Waals surface area (Å²) in [6.45, 7) is 0.245. The van der Waals surface area contributed by atoms with E-state index >= 15 is 0 Å². The van der Waals surface area contributed by atoms with Crippen LogP contribution in [-0.2, 0) is 11.4 Å². The Morgan fingerprint density at radius 3 is 2.34 bits per heavy atom. The fraction of sp³-hybridized carbons (Fsp3) is 0.120. The molecule has 0 saturated carbocycles. The summed E-state index contributed by atoms with van der Waals surface area (Å²) >= 11 is 25.1. The molecule has 1 aliphatic heterocycles. The number of carbonyl (C=O) groups excluding carboxylic acids is 1. The third kappa shape index (κ3) is 5.71. The van der Waals surface area contributed by atoms with E-state index < -0.39 is 0 Å². The van der Waals surface area contributed by atoms with E-state index in [-0.39, 0.29) is 12.5 Å². The van der Waals surface area contributed by atoms with Crippen molar-refractivity contribution in [2.24, 2.45) is 0 Å². The summed E-state index contributed by atoms with van der Waals surface area (Å²) in [6, 6.07) is 15.7. The minimum atomic E-state index is -0.238. The van der Waals surface area contributed by atoms with Crippen molar-refractivity contribution in [3.8, 4) is 17.2 Å². The van der Waals surface area contributed by atoms with Crippen molar-refractivity contribution in [2.75, 3.05) is 19.1 Å². The molecule has 0 aliphatic carbocycles. The number of thiocarbonyl (C=S) groups is 1. The Morgan fingerprint density at radius 2 is 1.66 bits per heavy atom. The van der Waals surface area contributed by atoms with Gasteiger partial charge in [-0.2, -0.15) is 0 Å². The van der Waals surface area contributed by atoms with Gasteiger partial charge >= 0.3 is 0 Å². The van der Waals surface area contributed by atoms with Crippen LogP contribution in [0.25, 0.3) is 6.08 Å². The lowest BCUT2D eigenvalue weighted by atomic mass is 10.1. The van der Waals surface area contributed by atoms with Crippen LogP contribution in [0.15, 0.2) is 59.5 Å². The number of thioether (sulfide) groups is 1. The smallest absolute Gasteiger partial charge is 0.270 e. The summed E-state index contributed by atoms with van der Waals surface area (Å²) in [5.74, 6) is 1.33. The summed E-state index contributed by atoms with van der Waals surface area (Å²) < 4.78 is 17.0. The Hall–Kier alpha value is -2.42. The molecule has 1 amide bonds. The first-order valence-corrected chi connectivity index (χ1v) is 12.5. The minimum Gasteiger partial charge on any atom is -0.495 e. The zero-order chi connectivity index (χ0) is 25.1. The summed E-state index contributed by atoms with van der Waals surface area (Å²) in [5, 5.41) is 1.47. The molecule has 0 spiro atoms. The highest BCUT2D eigenvalue weighted by molar-refractivity contribution is 8.27. The van der Waals surface area contributed by atoms with Crippen LogP contribution in [0.2, 0.25) is 15.1 Å². The summed E-state index contributed by atoms with van der Waals surface area (Å²) in [5.41, 5.74) is 2.13. The van der Waals surface area contributed by atoms with Gasteiger partial charge in [0.25, 0.3) is 5.91 Å². The Balaban J connectivity index is 1.53. The molecular formula is C25H18Cl3NO4S2. The molecule has 0 atom stereocenters. The predicted octanol–water partition coefficient (Wildman–Crippen LogP) is 7.65. The van der Waals surface area contributed by atoms with Crippen LogP contribution in [-0.4, -0.2) is 24.4 Å². The van der Waals surface area contributed by atoms with Crippen LogP contribution in [0, 0.1) is 0 Å². The second kappa shape index (κ2) is 11.1. The summed E-state index contributed by atoms with van der Waals surface area (Å²) in [6.07, 6.45) is 1.76. The van der Waals surface area contributed by atoms with E-state index in [0.29, 0.717) is 47.2 Å². The molecule has 3 aromatic rings. The van der Waals surface area contributed by atoms with Crippen LogP contribution in [0.4, 0.5) is 5.69 Å². The number of methoxy groups -OCH3 is 2. The third-order valence-corrected chi connectivity index (χ3v) is 7.26. The number of carbonyl (C=O) groups is 1. The molecule has 180 valence electrons. The first-order valence-electron chi connectivity index (χ1n) is 10.2. The van der Waals surface area contributed by atoms with Gasteiger partial charge in [0, 0.05) is 15.6 Å². The van der Waals surface area contributed by atoms with Crippen LogP contribution >= 0.6 is 58.8 Å². The lowest BCUT2D eigenvalue weighted by molar-refractivity contribution is -0.113. The molecule has 0 aromatic heterocycles. The van der Waals surface area contributed by atoms with E-state index in [9.17, 15) is 4.79 Å². The largest absolute Gasteiger partial charge is 0.495 e. The average Bonchev–Trinajstić information content (AvgIpc) is 3.11. The first kappa shape index (κ1) is 25.7. The average molecular weight is 567 g/mol. The fourth-order valence-corrected chi connectivity index (χ4v) is 5.34. The zero-order valence-electron chi connectivity index (χ0n) is 18.5. The number of hydrogen-bond donors (Lipinski definition) is 0. The van der Waals surface area contributed by atoms with Crippen LogP contribution < -0.4 is 19.1 Å². The number of halogens is 3. The maximum Gasteiger partial charge on any atom is 0.270 e. The molecule has 5 nitrogen and oxygen atoms in total. The molecule has 0 N–H and O–H groups in total. The minimum absolute atomic E-state index is 0.238. The highest BCUT2D eigenvalue weighted by Gasteiger charge is 2.33. The van der Waals surface area contributed by atoms with Gasteiger partial charge in [-0.15, -0.1) is 0 Å². The predicted molar refractivity (Wildman–Crippen MR) is 147 cm³/mol. The topological polar surface area (TPSA) is 48.0 Å². The number of rotatable bonds is 7. The number of amides is 1. The van der Waals surface area contributed by atoms with Crippen molar-refractivity contribution in [1.29, 1.82) is 0 Å². The molecule has 10 heteroatoms. The Morgan fingerprint density at radius 1 is 0.914 bits per heavy atom. The van der Waals surface area contributed by atoms with E-state index in [1.807, 2.05) is 12.1 Å². The van der Waals surface area contributed by atoms with Gasteiger partial charge in [-0.3, -0.25) is 9.69 Å². The summed E-state index contributed by atoms with van der Waals surface area (Å²) in [7, 11) is 3.08. The highest BCUT2D eigenvalue weighted by Crippen LogP contribution is 2.39. The van der Waals surface area contributed by atoms with E-state index in [0.717, 1.165) is 11.1 Å². The van der Waals surface area contributed by atoms with Gasteiger partial charge in [0.2, 0.25) is 0 Å². The van der Waals surface area contributed by atoms with Crippen LogP contribution in [0.3, 0.4) is 0 Å². The third-order valence-electron chi connectivity index (χ3n) is 5.07. The maximum absolute atomic E-state index is 13.1. The van der Waals surface area contributed by atoms with Crippen molar-refractivity contribution >= 4 is 80.8 Å². The molecule has 1 fully saturated rings. The van der Waals surface area contributed by atoms with Gasteiger partial charge in [0.1, 0.15) is 12.4 Å². The summed E-state index contributed by atoms with van der Waals surface area (Å²) in [4.78, 5) is 15.0. The quantitative estimate of drug-likeness (QED) is 0.216. The molecule has 1 saturated heterocycles. The van der Waals surface area contributed by atoms with E-state index in [2.05, 4.69) is 0 Å². The van der Waals surface area contributed by atoms with E-state index in [4.69, 9.17) is 61.2 Å². The second-order valence-electron chi connectivity index (χ2n) is 7.27. The standard InChI is InChI=1S/C25H18Cl3NO4S2/c1-31-20-8-6-17(12-19(20)28)29-24(30)23(35-25(29)34)10-14-3-7-21(22(9-14)32-2)33-13-15-4-5-16(26)11-18(15)27/h3-12H,13H2,1-2H3/b23-10+. The van der Waals surface area contributed by atoms with Crippen molar-refractivity contribution in [2.45, 2.75) is 6.61 Å². The van der Waals surface area contributed by atoms with Gasteiger partial charge in [0.15, 0.2) is 15.8 Å². The molecule has 0 unspecified atom stereocenters. The molecule has 1 aliphatic rings.